The van der Waals surface area contributed by atoms with Gasteiger partial charge in [0.25, 0.3) is 10.0 Å². The van der Waals surface area contributed by atoms with Crippen LogP contribution in [0.3, 0.4) is 0 Å². The van der Waals surface area contributed by atoms with E-state index in [9.17, 15) is 26.4 Å². The van der Waals surface area contributed by atoms with Gasteiger partial charge >= 0.3 is 5.97 Å². The Hall–Kier alpha value is -2.55. The minimum atomic E-state index is -4.59. The fraction of sp³-hybridized carbons (Fsp3) is 0.0714. The van der Waals surface area contributed by atoms with E-state index in [2.05, 4.69) is 4.74 Å². The van der Waals surface area contributed by atoms with Crippen molar-refractivity contribution in [1.82, 2.24) is 0 Å². The average Bonchev–Trinajstić information content (AvgIpc) is 2.51. The molecule has 5 nitrogen and oxygen atoms in total. The molecule has 0 aliphatic rings. The number of nitrogens with one attached hydrogen (secondary N) is 1. The number of para-hydroxylation sites is 1. The van der Waals surface area contributed by atoms with Crippen LogP contribution >= 0.6 is 0 Å². The molecule has 0 amide bonds. The summed E-state index contributed by atoms with van der Waals surface area (Å²) in [7, 11) is -3.49. The molecule has 0 heterocycles. The molecule has 1 N–H and O–H groups in total. The number of carbonyl (C=O) groups is 1. The Morgan fingerprint density at radius 2 is 1.70 bits per heavy atom. The lowest BCUT2D eigenvalue weighted by Crippen LogP contribution is -2.18. The first-order valence-electron chi connectivity index (χ1n) is 6.11. The summed E-state index contributed by atoms with van der Waals surface area (Å²) < 4.78 is 70.5. The number of benzene rings is 2. The summed E-state index contributed by atoms with van der Waals surface area (Å²) in [5.41, 5.74) is -0.315. The number of anilines is 1. The van der Waals surface area contributed by atoms with Gasteiger partial charge in [-0.3, -0.25) is 4.72 Å². The van der Waals surface area contributed by atoms with Crippen molar-refractivity contribution in [1.29, 1.82) is 0 Å². The summed E-state index contributed by atoms with van der Waals surface area (Å²) in [5.74, 6) is -6.10. The van der Waals surface area contributed by atoms with Crippen molar-refractivity contribution < 1.29 is 31.1 Å². The lowest BCUT2D eigenvalue weighted by Gasteiger charge is -2.12. The molecule has 9 heteroatoms. The van der Waals surface area contributed by atoms with E-state index in [1.165, 1.54) is 24.3 Å². The minimum absolute atomic E-state index is 0.124. The third kappa shape index (κ3) is 3.29. The van der Waals surface area contributed by atoms with E-state index in [1.54, 1.807) is 0 Å². The first-order chi connectivity index (χ1) is 10.8. The van der Waals surface area contributed by atoms with Crippen LogP contribution in [0.5, 0.6) is 0 Å². The van der Waals surface area contributed by atoms with Gasteiger partial charge in [-0.25, -0.2) is 26.4 Å². The topological polar surface area (TPSA) is 72.5 Å². The van der Waals surface area contributed by atoms with Crippen molar-refractivity contribution in [2.45, 2.75) is 4.90 Å². The molecule has 0 radical (unpaired) electrons. The highest BCUT2D eigenvalue weighted by Gasteiger charge is 2.25. The molecule has 2 aromatic carbocycles. The van der Waals surface area contributed by atoms with Crippen LogP contribution in [0.15, 0.2) is 41.3 Å². The van der Waals surface area contributed by atoms with Crippen molar-refractivity contribution >= 4 is 21.7 Å². The summed E-state index contributed by atoms with van der Waals surface area (Å²) in [6, 6.07) is 6.47. The highest BCUT2D eigenvalue weighted by atomic mass is 32.2. The maximum atomic E-state index is 13.7. The number of esters is 1. The predicted octanol–water partition coefficient (Wildman–Crippen LogP) is 2.69. The number of ether oxygens (including phenoxy) is 1. The van der Waals surface area contributed by atoms with E-state index in [1.807, 2.05) is 4.72 Å². The van der Waals surface area contributed by atoms with Crippen LogP contribution in [0, 0.1) is 17.5 Å². The SMILES string of the molecule is COC(=O)c1ccccc1NS(=O)(=O)c1ccc(F)c(F)c1F. The molecule has 0 aliphatic heterocycles. The molecule has 0 fully saturated rings. The maximum absolute atomic E-state index is 13.7. The van der Waals surface area contributed by atoms with Gasteiger partial charge in [0.05, 0.1) is 18.4 Å². The third-order valence-electron chi connectivity index (χ3n) is 2.87. The lowest BCUT2D eigenvalue weighted by atomic mass is 10.2. The zero-order chi connectivity index (χ0) is 17.2. The Labute approximate surface area is 129 Å². The number of methoxy groups -OCH3 is 1. The Bertz CT molecular complexity index is 868. The van der Waals surface area contributed by atoms with E-state index < -0.39 is 38.3 Å². The first-order valence-corrected chi connectivity index (χ1v) is 7.60. The van der Waals surface area contributed by atoms with E-state index >= 15 is 0 Å². The van der Waals surface area contributed by atoms with E-state index in [0.717, 1.165) is 7.11 Å². The smallest absolute Gasteiger partial charge is 0.339 e. The van der Waals surface area contributed by atoms with Crippen molar-refractivity contribution in [3.05, 3.63) is 59.4 Å². The number of hydrogen-bond donors (Lipinski definition) is 1. The van der Waals surface area contributed by atoms with E-state index in [4.69, 9.17) is 0 Å². The zero-order valence-electron chi connectivity index (χ0n) is 11.6. The van der Waals surface area contributed by atoms with Gasteiger partial charge in [-0.05, 0) is 24.3 Å². The van der Waals surface area contributed by atoms with Crippen molar-refractivity contribution in [2.24, 2.45) is 0 Å². The summed E-state index contributed by atoms with van der Waals surface area (Å²) in [6.07, 6.45) is 0. The molecule has 0 bridgehead atoms. The van der Waals surface area contributed by atoms with Crippen LogP contribution in [0.4, 0.5) is 18.9 Å². The van der Waals surface area contributed by atoms with E-state index in [-0.39, 0.29) is 11.3 Å². The van der Waals surface area contributed by atoms with Crippen molar-refractivity contribution in [2.75, 3.05) is 11.8 Å². The van der Waals surface area contributed by atoms with Gasteiger partial charge in [-0.1, -0.05) is 12.1 Å². The molecule has 122 valence electrons. The third-order valence-corrected chi connectivity index (χ3v) is 4.25. The average molecular weight is 345 g/mol. The number of halogens is 3. The second-order valence-electron chi connectivity index (χ2n) is 4.32. The Balaban J connectivity index is 2.48. The van der Waals surface area contributed by atoms with Gasteiger partial charge < -0.3 is 4.74 Å². The van der Waals surface area contributed by atoms with Crippen LogP contribution < -0.4 is 4.72 Å². The molecule has 0 atom stereocenters. The molecule has 23 heavy (non-hydrogen) atoms. The summed E-state index contributed by atoms with van der Waals surface area (Å²) in [6.45, 7) is 0. The van der Waals surface area contributed by atoms with Gasteiger partial charge in [-0.15, -0.1) is 0 Å². The molecular formula is C14H10F3NO4S. The zero-order valence-corrected chi connectivity index (χ0v) is 12.5. The normalized spacial score (nSPS) is 11.1. The Kier molecular flexibility index (Phi) is 4.60. The number of hydrogen-bond acceptors (Lipinski definition) is 4. The van der Waals surface area contributed by atoms with Crippen LogP contribution in [0.2, 0.25) is 0 Å². The predicted molar refractivity (Wildman–Crippen MR) is 74.9 cm³/mol. The summed E-state index contributed by atoms with van der Waals surface area (Å²) >= 11 is 0. The quantitative estimate of drug-likeness (QED) is 0.683. The Morgan fingerprint density at radius 3 is 2.35 bits per heavy atom. The molecule has 0 unspecified atom stereocenters. The fourth-order valence-electron chi connectivity index (χ4n) is 1.78. The first kappa shape index (κ1) is 16.8. The molecule has 0 aliphatic carbocycles. The summed E-state index contributed by atoms with van der Waals surface area (Å²) in [4.78, 5) is 10.5. The number of sulfonamides is 1. The maximum Gasteiger partial charge on any atom is 0.339 e. The highest BCUT2D eigenvalue weighted by Crippen LogP contribution is 2.24. The Morgan fingerprint density at radius 1 is 1.04 bits per heavy atom. The molecular weight excluding hydrogens is 335 g/mol. The van der Waals surface area contributed by atoms with Crippen LogP contribution in [0.25, 0.3) is 0 Å². The van der Waals surface area contributed by atoms with Gasteiger partial charge in [-0.2, -0.15) is 0 Å². The van der Waals surface area contributed by atoms with Crippen LogP contribution in [-0.4, -0.2) is 21.5 Å². The molecule has 2 aromatic rings. The largest absolute Gasteiger partial charge is 0.465 e. The monoisotopic (exact) mass is 345 g/mol. The molecule has 0 spiro atoms. The minimum Gasteiger partial charge on any atom is -0.465 e. The van der Waals surface area contributed by atoms with Gasteiger partial charge in [0.1, 0.15) is 4.90 Å². The number of rotatable bonds is 4. The standard InChI is InChI=1S/C14H10F3NO4S/c1-22-14(19)8-4-2-3-5-10(8)18-23(20,21)11-7-6-9(15)12(16)13(11)17/h2-7,18H,1H3. The fourth-order valence-corrected chi connectivity index (χ4v) is 2.93. The second kappa shape index (κ2) is 6.29. The van der Waals surface area contributed by atoms with Crippen LogP contribution in [-0.2, 0) is 14.8 Å². The van der Waals surface area contributed by atoms with E-state index in [0.29, 0.717) is 12.1 Å². The molecule has 0 saturated heterocycles. The highest BCUT2D eigenvalue weighted by molar-refractivity contribution is 7.92. The van der Waals surface area contributed by atoms with Crippen molar-refractivity contribution in [3.8, 4) is 0 Å². The lowest BCUT2D eigenvalue weighted by molar-refractivity contribution is 0.0602. The van der Waals surface area contributed by atoms with Gasteiger partial charge in [0, 0.05) is 0 Å². The van der Waals surface area contributed by atoms with Gasteiger partial charge in [0.2, 0.25) is 0 Å². The summed E-state index contributed by atoms with van der Waals surface area (Å²) in [5, 5.41) is 0. The van der Waals surface area contributed by atoms with Crippen LogP contribution in [0.1, 0.15) is 10.4 Å². The van der Waals surface area contributed by atoms with Crippen molar-refractivity contribution in [3.63, 3.8) is 0 Å². The molecule has 0 saturated carbocycles. The molecule has 0 aromatic heterocycles. The molecule has 2 rings (SSSR count). The number of carbonyl (C=O) groups excluding carboxylic acids is 1. The second-order valence-corrected chi connectivity index (χ2v) is 5.97. The van der Waals surface area contributed by atoms with Gasteiger partial charge in [0.15, 0.2) is 17.5 Å².